The van der Waals surface area contributed by atoms with Crippen molar-refractivity contribution in [2.45, 2.75) is 40.0 Å². The summed E-state index contributed by atoms with van der Waals surface area (Å²) < 4.78 is 2.00. The lowest BCUT2D eigenvalue weighted by Gasteiger charge is -2.15. The van der Waals surface area contributed by atoms with Crippen LogP contribution >= 0.6 is 0 Å². The molecule has 0 atom stereocenters. The average Bonchev–Trinajstić information content (AvgIpc) is 2.81. The summed E-state index contributed by atoms with van der Waals surface area (Å²) in [6.07, 6.45) is 8.55. The minimum atomic E-state index is 0.468. The van der Waals surface area contributed by atoms with E-state index >= 15 is 0 Å². The third-order valence-corrected chi connectivity index (χ3v) is 2.96. The molecule has 0 saturated carbocycles. The van der Waals surface area contributed by atoms with Gasteiger partial charge in [0.1, 0.15) is 0 Å². The van der Waals surface area contributed by atoms with Crippen LogP contribution in [-0.4, -0.2) is 14.5 Å². The van der Waals surface area contributed by atoms with Gasteiger partial charge in [0, 0.05) is 18.1 Å². The maximum Gasteiger partial charge on any atom is 0.0992 e. The third-order valence-electron chi connectivity index (χ3n) is 2.96. The Labute approximate surface area is 109 Å². The number of aromatic nitrogens is 3. The Morgan fingerprint density at radius 1 is 1.22 bits per heavy atom. The highest BCUT2D eigenvalue weighted by atomic mass is 15.0. The van der Waals surface area contributed by atoms with Crippen molar-refractivity contribution < 1.29 is 0 Å². The van der Waals surface area contributed by atoms with Gasteiger partial charge in [-0.05, 0) is 29.9 Å². The standard InChI is InChI=1S/C15H21N3/c1-11(2)7-13-8-14(18-6-5-16-10-18)9-17-15(13)12(3)4/h5-6,8-12H,7H2,1-4H3. The number of hydrogen-bond donors (Lipinski definition) is 0. The summed E-state index contributed by atoms with van der Waals surface area (Å²) in [5.41, 5.74) is 3.66. The van der Waals surface area contributed by atoms with Crippen molar-refractivity contribution in [3.8, 4) is 5.69 Å². The van der Waals surface area contributed by atoms with Crippen LogP contribution in [0.15, 0.2) is 31.0 Å². The van der Waals surface area contributed by atoms with E-state index in [1.54, 1.807) is 6.20 Å². The van der Waals surface area contributed by atoms with E-state index in [4.69, 9.17) is 0 Å². The highest BCUT2D eigenvalue weighted by Crippen LogP contribution is 2.22. The summed E-state index contributed by atoms with van der Waals surface area (Å²) in [6.45, 7) is 8.88. The predicted molar refractivity (Wildman–Crippen MR) is 74.0 cm³/mol. The number of nitrogens with zero attached hydrogens (tertiary/aromatic N) is 3. The fourth-order valence-electron chi connectivity index (χ4n) is 2.18. The van der Waals surface area contributed by atoms with Crippen LogP contribution < -0.4 is 0 Å². The predicted octanol–water partition coefficient (Wildman–Crippen LogP) is 3.59. The highest BCUT2D eigenvalue weighted by Gasteiger charge is 2.11. The second-order valence-corrected chi connectivity index (χ2v) is 5.46. The van der Waals surface area contributed by atoms with E-state index in [1.807, 2.05) is 23.3 Å². The number of imidazole rings is 1. The molecule has 2 rings (SSSR count). The fraction of sp³-hybridized carbons (Fsp3) is 0.467. The fourth-order valence-corrected chi connectivity index (χ4v) is 2.18. The Morgan fingerprint density at radius 3 is 2.56 bits per heavy atom. The molecule has 0 radical (unpaired) electrons. The SMILES string of the molecule is CC(C)Cc1cc(-n2ccnc2)cnc1C(C)C. The molecule has 0 fully saturated rings. The summed E-state index contributed by atoms with van der Waals surface area (Å²) in [4.78, 5) is 8.72. The van der Waals surface area contributed by atoms with Gasteiger partial charge in [-0.2, -0.15) is 0 Å². The maximum atomic E-state index is 4.64. The molecule has 0 aliphatic carbocycles. The van der Waals surface area contributed by atoms with Gasteiger partial charge in [-0.15, -0.1) is 0 Å². The Balaban J connectivity index is 2.42. The maximum absolute atomic E-state index is 4.64. The first kappa shape index (κ1) is 12.8. The lowest BCUT2D eigenvalue weighted by atomic mass is 9.96. The molecule has 3 nitrogen and oxygen atoms in total. The highest BCUT2D eigenvalue weighted by molar-refractivity contribution is 5.37. The van der Waals surface area contributed by atoms with E-state index in [-0.39, 0.29) is 0 Å². The molecular formula is C15H21N3. The van der Waals surface area contributed by atoms with Gasteiger partial charge in [0.25, 0.3) is 0 Å². The molecule has 2 aromatic rings. The Morgan fingerprint density at radius 2 is 2.00 bits per heavy atom. The normalized spacial score (nSPS) is 11.4. The third kappa shape index (κ3) is 2.78. The van der Waals surface area contributed by atoms with Crippen LogP contribution in [0.1, 0.15) is 44.9 Å². The number of hydrogen-bond acceptors (Lipinski definition) is 2. The molecule has 2 aromatic heterocycles. The lowest BCUT2D eigenvalue weighted by molar-refractivity contribution is 0.632. The molecular weight excluding hydrogens is 222 g/mol. The smallest absolute Gasteiger partial charge is 0.0992 e. The van der Waals surface area contributed by atoms with Crippen LogP contribution in [-0.2, 0) is 6.42 Å². The van der Waals surface area contributed by atoms with E-state index in [0.29, 0.717) is 11.8 Å². The molecule has 96 valence electrons. The van der Waals surface area contributed by atoms with Crippen molar-refractivity contribution in [1.29, 1.82) is 0 Å². The summed E-state index contributed by atoms with van der Waals surface area (Å²) in [5.74, 6) is 1.11. The van der Waals surface area contributed by atoms with Crippen molar-refractivity contribution in [1.82, 2.24) is 14.5 Å². The molecule has 0 aliphatic heterocycles. The molecule has 0 N–H and O–H groups in total. The molecule has 18 heavy (non-hydrogen) atoms. The van der Waals surface area contributed by atoms with Crippen LogP contribution in [0.2, 0.25) is 0 Å². The first-order chi connectivity index (χ1) is 8.58. The van der Waals surface area contributed by atoms with Crippen molar-refractivity contribution in [3.05, 3.63) is 42.2 Å². The molecule has 2 heterocycles. The average molecular weight is 243 g/mol. The monoisotopic (exact) mass is 243 g/mol. The van der Waals surface area contributed by atoms with Crippen LogP contribution in [0.3, 0.4) is 0 Å². The minimum absolute atomic E-state index is 0.468. The Bertz CT molecular complexity index is 498. The summed E-state index contributed by atoms with van der Waals surface area (Å²) >= 11 is 0. The van der Waals surface area contributed by atoms with Crippen molar-refractivity contribution in [3.63, 3.8) is 0 Å². The topological polar surface area (TPSA) is 30.7 Å². The zero-order valence-corrected chi connectivity index (χ0v) is 11.6. The van der Waals surface area contributed by atoms with Crippen molar-refractivity contribution in [2.24, 2.45) is 5.92 Å². The van der Waals surface area contributed by atoms with Crippen LogP contribution in [0.5, 0.6) is 0 Å². The van der Waals surface area contributed by atoms with E-state index in [9.17, 15) is 0 Å². The molecule has 0 aromatic carbocycles. The molecule has 0 unspecified atom stereocenters. The van der Waals surface area contributed by atoms with Crippen LogP contribution in [0.4, 0.5) is 0 Å². The van der Waals surface area contributed by atoms with Gasteiger partial charge in [0.15, 0.2) is 0 Å². The van der Waals surface area contributed by atoms with E-state index in [2.05, 4.69) is 43.7 Å². The van der Waals surface area contributed by atoms with Gasteiger partial charge < -0.3 is 4.57 Å². The van der Waals surface area contributed by atoms with Gasteiger partial charge in [-0.1, -0.05) is 27.7 Å². The Kier molecular flexibility index (Phi) is 3.80. The zero-order valence-electron chi connectivity index (χ0n) is 11.6. The summed E-state index contributed by atoms with van der Waals surface area (Å²) in [5, 5.41) is 0. The quantitative estimate of drug-likeness (QED) is 0.821. The van der Waals surface area contributed by atoms with E-state index in [1.165, 1.54) is 11.3 Å². The van der Waals surface area contributed by atoms with Crippen molar-refractivity contribution in [2.75, 3.05) is 0 Å². The van der Waals surface area contributed by atoms with E-state index < -0.39 is 0 Å². The molecule has 0 amide bonds. The van der Waals surface area contributed by atoms with Gasteiger partial charge in [-0.3, -0.25) is 4.98 Å². The second kappa shape index (κ2) is 5.34. The zero-order chi connectivity index (χ0) is 13.1. The van der Waals surface area contributed by atoms with Gasteiger partial charge in [-0.25, -0.2) is 4.98 Å². The largest absolute Gasteiger partial charge is 0.305 e. The van der Waals surface area contributed by atoms with Crippen LogP contribution in [0.25, 0.3) is 5.69 Å². The van der Waals surface area contributed by atoms with Gasteiger partial charge in [0.05, 0.1) is 18.2 Å². The minimum Gasteiger partial charge on any atom is -0.305 e. The van der Waals surface area contributed by atoms with Crippen molar-refractivity contribution >= 4 is 0 Å². The summed E-state index contributed by atoms with van der Waals surface area (Å²) in [6, 6.07) is 2.24. The van der Waals surface area contributed by atoms with Gasteiger partial charge in [0.2, 0.25) is 0 Å². The Hall–Kier alpha value is -1.64. The van der Waals surface area contributed by atoms with Gasteiger partial charge >= 0.3 is 0 Å². The van der Waals surface area contributed by atoms with E-state index in [0.717, 1.165) is 12.1 Å². The number of pyridine rings is 1. The molecule has 3 heteroatoms. The lowest BCUT2D eigenvalue weighted by Crippen LogP contribution is -2.05. The molecule has 0 aliphatic rings. The molecule has 0 saturated heterocycles. The first-order valence-electron chi connectivity index (χ1n) is 6.55. The number of rotatable bonds is 4. The first-order valence-corrected chi connectivity index (χ1v) is 6.55. The van der Waals surface area contributed by atoms with Crippen LogP contribution in [0, 0.1) is 5.92 Å². The molecule has 0 bridgehead atoms. The molecule has 0 spiro atoms. The summed E-state index contributed by atoms with van der Waals surface area (Å²) in [7, 11) is 0. The second-order valence-electron chi connectivity index (χ2n) is 5.46.